The van der Waals surface area contributed by atoms with Gasteiger partial charge < -0.3 is 25.0 Å². The van der Waals surface area contributed by atoms with Crippen LogP contribution in [0.25, 0.3) is 0 Å². The molecule has 4 fully saturated rings. The van der Waals surface area contributed by atoms with Crippen molar-refractivity contribution >= 4 is 17.7 Å². The number of amides is 3. The number of rotatable bonds is 8. The fourth-order valence-corrected chi connectivity index (χ4v) is 7.98. The molecular weight excluding hydrogens is 506 g/mol. The van der Waals surface area contributed by atoms with E-state index in [9.17, 15) is 14.4 Å². The first-order valence-electron chi connectivity index (χ1n) is 15.3. The lowest BCUT2D eigenvalue weighted by Crippen LogP contribution is -2.57. The van der Waals surface area contributed by atoms with Crippen molar-refractivity contribution in [2.45, 2.75) is 107 Å². The first kappa shape index (κ1) is 27.3. The lowest BCUT2D eigenvalue weighted by atomic mass is 9.70. The normalized spacial score (nSPS) is 33.7. The van der Waals surface area contributed by atoms with Gasteiger partial charge in [0.15, 0.2) is 0 Å². The molecule has 216 valence electrons. The minimum absolute atomic E-state index is 0.110. The minimum atomic E-state index is -1.14. The highest BCUT2D eigenvalue weighted by atomic mass is 16.5. The van der Waals surface area contributed by atoms with Crippen LogP contribution in [0.4, 0.5) is 0 Å². The molecule has 8 nitrogen and oxygen atoms in total. The number of nitrogens with one attached hydrogen (secondary N) is 2. The SMILES string of the molecule is COc1ccc(CCN2C(=O)[C@@H]3[C@H](C(=O)NC4CCCCC4)[C@]4(C)C=C[C@]3(O4)[C@H]2C(=O)NC2CCCCC2)cc1. The van der Waals surface area contributed by atoms with Crippen molar-refractivity contribution in [2.24, 2.45) is 11.8 Å². The fourth-order valence-electron chi connectivity index (χ4n) is 7.98. The number of fused-ring (bicyclic) bond motifs is 1. The molecule has 5 aliphatic rings. The van der Waals surface area contributed by atoms with Crippen molar-refractivity contribution in [3.05, 3.63) is 42.0 Å². The molecule has 2 N–H and O–H groups in total. The summed E-state index contributed by atoms with van der Waals surface area (Å²) < 4.78 is 12.0. The zero-order valence-electron chi connectivity index (χ0n) is 23.8. The predicted molar refractivity (Wildman–Crippen MR) is 151 cm³/mol. The van der Waals surface area contributed by atoms with Crippen molar-refractivity contribution in [1.82, 2.24) is 15.5 Å². The molecule has 3 heterocycles. The lowest BCUT2D eigenvalue weighted by molar-refractivity contribution is -0.145. The lowest BCUT2D eigenvalue weighted by Gasteiger charge is -2.34. The Morgan fingerprint density at radius 3 is 2.12 bits per heavy atom. The van der Waals surface area contributed by atoms with Gasteiger partial charge in [-0.25, -0.2) is 0 Å². The van der Waals surface area contributed by atoms with Crippen LogP contribution < -0.4 is 15.4 Å². The molecule has 8 heteroatoms. The van der Waals surface area contributed by atoms with Crippen molar-refractivity contribution < 1.29 is 23.9 Å². The highest BCUT2D eigenvalue weighted by Crippen LogP contribution is 2.59. The second-order valence-corrected chi connectivity index (χ2v) is 12.6. The largest absolute Gasteiger partial charge is 0.497 e. The smallest absolute Gasteiger partial charge is 0.246 e. The van der Waals surface area contributed by atoms with E-state index in [1.54, 1.807) is 12.0 Å². The summed E-state index contributed by atoms with van der Waals surface area (Å²) in [7, 11) is 1.63. The van der Waals surface area contributed by atoms with E-state index in [1.165, 1.54) is 12.8 Å². The summed E-state index contributed by atoms with van der Waals surface area (Å²) in [6, 6.07) is 7.22. The molecule has 1 aromatic rings. The second-order valence-electron chi connectivity index (χ2n) is 12.6. The highest BCUT2D eigenvalue weighted by molar-refractivity contribution is 6.00. The van der Waals surface area contributed by atoms with Gasteiger partial charge in [-0.3, -0.25) is 14.4 Å². The number of methoxy groups -OCH3 is 1. The van der Waals surface area contributed by atoms with Gasteiger partial charge in [-0.15, -0.1) is 0 Å². The van der Waals surface area contributed by atoms with E-state index >= 15 is 0 Å². The molecule has 0 aromatic heterocycles. The number of ether oxygens (including phenoxy) is 2. The Balaban J connectivity index is 1.28. The summed E-state index contributed by atoms with van der Waals surface area (Å²) in [6.45, 7) is 2.27. The summed E-state index contributed by atoms with van der Waals surface area (Å²) in [5.74, 6) is -1.06. The molecule has 5 atom stereocenters. The molecule has 3 aliphatic heterocycles. The zero-order valence-corrected chi connectivity index (χ0v) is 23.8. The van der Waals surface area contributed by atoms with E-state index < -0.39 is 29.1 Å². The molecule has 0 unspecified atom stereocenters. The Labute approximate surface area is 237 Å². The van der Waals surface area contributed by atoms with E-state index in [0.717, 1.165) is 62.7 Å². The molecule has 2 bridgehead atoms. The van der Waals surface area contributed by atoms with Crippen LogP contribution in [0, 0.1) is 11.8 Å². The van der Waals surface area contributed by atoms with Crippen molar-refractivity contribution in [2.75, 3.05) is 13.7 Å². The summed E-state index contributed by atoms with van der Waals surface area (Å²) in [5, 5.41) is 6.53. The molecular formula is C32H43N3O5. The molecule has 2 aliphatic carbocycles. The summed E-state index contributed by atoms with van der Waals surface area (Å²) >= 11 is 0. The van der Waals surface area contributed by atoms with E-state index in [4.69, 9.17) is 9.47 Å². The Hall–Kier alpha value is -2.87. The number of benzene rings is 1. The minimum Gasteiger partial charge on any atom is -0.497 e. The van der Waals surface area contributed by atoms with Crippen molar-refractivity contribution in [3.63, 3.8) is 0 Å². The second kappa shape index (κ2) is 10.8. The molecule has 40 heavy (non-hydrogen) atoms. The van der Waals surface area contributed by atoms with Crippen LogP contribution in [0.15, 0.2) is 36.4 Å². The van der Waals surface area contributed by atoms with Gasteiger partial charge in [0, 0.05) is 18.6 Å². The number of nitrogens with zero attached hydrogens (tertiary/aromatic N) is 1. The van der Waals surface area contributed by atoms with Gasteiger partial charge in [-0.05, 0) is 56.7 Å². The average molecular weight is 550 g/mol. The number of likely N-dealkylation sites (tertiary alicyclic amines) is 1. The maximum Gasteiger partial charge on any atom is 0.246 e. The van der Waals surface area contributed by atoms with Gasteiger partial charge in [0.2, 0.25) is 17.7 Å². The summed E-state index contributed by atoms with van der Waals surface area (Å²) in [6.07, 6.45) is 15.1. The third-order valence-corrected chi connectivity index (χ3v) is 10.0. The maximum absolute atomic E-state index is 14.3. The van der Waals surface area contributed by atoms with E-state index in [2.05, 4.69) is 10.6 Å². The summed E-state index contributed by atoms with van der Waals surface area (Å²) in [4.78, 5) is 43.9. The molecule has 6 rings (SSSR count). The Bertz CT molecular complexity index is 1160. The maximum atomic E-state index is 14.3. The molecule has 1 spiro atoms. The van der Waals surface area contributed by atoms with Crippen LogP contribution in [-0.2, 0) is 25.5 Å². The van der Waals surface area contributed by atoms with Gasteiger partial charge in [0.1, 0.15) is 17.4 Å². The third-order valence-electron chi connectivity index (χ3n) is 10.0. The van der Waals surface area contributed by atoms with E-state index in [-0.39, 0.29) is 29.8 Å². The van der Waals surface area contributed by atoms with Gasteiger partial charge in [0.25, 0.3) is 0 Å². The quantitative estimate of drug-likeness (QED) is 0.483. The monoisotopic (exact) mass is 549 g/mol. The summed E-state index contributed by atoms with van der Waals surface area (Å²) in [5.41, 5.74) is -1.00. The molecule has 2 saturated carbocycles. The highest BCUT2D eigenvalue weighted by Gasteiger charge is 2.76. The van der Waals surface area contributed by atoms with Crippen LogP contribution in [-0.4, -0.2) is 65.6 Å². The van der Waals surface area contributed by atoms with Crippen molar-refractivity contribution in [3.8, 4) is 5.75 Å². The Morgan fingerprint density at radius 2 is 1.52 bits per heavy atom. The predicted octanol–water partition coefficient (Wildman–Crippen LogP) is 3.68. The zero-order chi connectivity index (χ0) is 27.9. The number of hydrogen-bond donors (Lipinski definition) is 2. The number of carbonyl (C=O) groups is 3. The van der Waals surface area contributed by atoms with Crippen molar-refractivity contribution in [1.29, 1.82) is 0 Å². The van der Waals surface area contributed by atoms with Crippen LogP contribution in [0.3, 0.4) is 0 Å². The molecule has 2 saturated heterocycles. The van der Waals surface area contributed by atoms with Crippen LogP contribution in [0.5, 0.6) is 5.75 Å². The fraction of sp³-hybridized carbons (Fsp3) is 0.656. The number of carbonyl (C=O) groups excluding carboxylic acids is 3. The Morgan fingerprint density at radius 1 is 0.925 bits per heavy atom. The van der Waals surface area contributed by atoms with Gasteiger partial charge in [-0.2, -0.15) is 0 Å². The van der Waals surface area contributed by atoms with Gasteiger partial charge in [-0.1, -0.05) is 62.8 Å². The molecule has 3 amide bonds. The van der Waals surface area contributed by atoms with Gasteiger partial charge in [0.05, 0.1) is 24.5 Å². The first-order chi connectivity index (χ1) is 19.3. The van der Waals surface area contributed by atoms with Crippen LogP contribution in [0.1, 0.15) is 76.7 Å². The van der Waals surface area contributed by atoms with Crippen LogP contribution >= 0.6 is 0 Å². The Kier molecular flexibility index (Phi) is 7.40. The molecule has 1 aromatic carbocycles. The number of hydrogen-bond acceptors (Lipinski definition) is 5. The average Bonchev–Trinajstić information content (AvgIpc) is 3.53. The van der Waals surface area contributed by atoms with Gasteiger partial charge >= 0.3 is 0 Å². The van der Waals surface area contributed by atoms with E-state index in [0.29, 0.717) is 13.0 Å². The van der Waals surface area contributed by atoms with Crippen LogP contribution in [0.2, 0.25) is 0 Å². The standard InChI is InChI=1S/C32H43N3O5/c1-31-18-19-32(40-31)26(25(31)28(36)33-22-9-5-3-6-10-22)30(38)35(20-17-21-13-15-24(39-2)16-14-21)27(32)29(37)34-23-11-7-4-8-12-23/h13-16,18-19,22-23,25-27H,3-12,17,20H2,1-2H3,(H,33,36)(H,34,37)/t25-,26+,27-,31+,32-/m1/s1. The first-order valence-corrected chi connectivity index (χ1v) is 15.3. The topological polar surface area (TPSA) is 97.0 Å². The third kappa shape index (κ3) is 4.72. The van der Waals surface area contributed by atoms with E-state index in [1.807, 2.05) is 43.3 Å². The molecule has 0 radical (unpaired) electrons.